The Morgan fingerprint density at radius 1 is 1.52 bits per heavy atom. The van der Waals surface area contributed by atoms with E-state index in [0.29, 0.717) is 29.8 Å². The van der Waals surface area contributed by atoms with Crippen LogP contribution in [-0.2, 0) is 9.59 Å². The van der Waals surface area contributed by atoms with Gasteiger partial charge in [-0.25, -0.2) is 14.8 Å². The van der Waals surface area contributed by atoms with Crippen LogP contribution < -0.4 is 5.73 Å². The maximum absolute atomic E-state index is 12.2. The van der Waals surface area contributed by atoms with E-state index in [1.807, 2.05) is 13.0 Å². The Labute approximate surface area is 172 Å². The molecule has 1 aromatic heterocycles. The molecule has 2 unspecified atom stereocenters. The molecule has 10 heteroatoms. The molecule has 0 aliphatic heterocycles. The summed E-state index contributed by atoms with van der Waals surface area (Å²) in [4.78, 5) is 31.4. The zero-order valence-electron chi connectivity index (χ0n) is 15.8. The molecule has 0 radical (unpaired) electrons. The van der Waals surface area contributed by atoms with Gasteiger partial charge in [0.1, 0.15) is 11.2 Å². The van der Waals surface area contributed by atoms with E-state index in [4.69, 9.17) is 17.3 Å². The van der Waals surface area contributed by atoms with Crippen LogP contribution in [0.5, 0.6) is 0 Å². The molecule has 0 aromatic carbocycles. The van der Waals surface area contributed by atoms with Crippen molar-refractivity contribution in [1.82, 2.24) is 9.88 Å². The quantitative estimate of drug-likeness (QED) is 0.244. The summed E-state index contributed by atoms with van der Waals surface area (Å²) in [5.74, 6) is -0.639. The van der Waals surface area contributed by atoms with Gasteiger partial charge in [-0.2, -0.15) is 8.78 Å². The number of alkyl halides is 2. The fourth-order valence-electron chi connectivity index (χ4n) is 3.36. The van der Waals surface area contributed by atoms with Crippen LogP contribution in [0.25, 0.3) is 0 Å². The van der Waals surface area contributed by atoms with Crippen LogP contribution in [0.1, 0.15) is 36.4 Å². The summed E-state index contributed by atoms with van der Waals surface area (Å²) in [5, 5.41) is 9.92. The van der Waals surface area contributed by atoms with Crippen LogP contribution in [0.4, 0.5) is 8.78 Å². The highest BCUT2D eigenvalue weighted by Gasteiger charge is 2.39. The zero-order chi connectivity index (χ0) is 21.6. The number of aryl methyl sites for hydroxylation is 1. The molecule has 1 amide bonds. The SMILES string of the molecule is Cc1nc(Cl)ccc1C1C[C@H]1CCN(C=O)C(CC(=C/N)/C=N/C(F)F)C(=O)O. The van der Waals surface area contributed by atoms with Gasteiger partial charge in [0.05, 0.1) is 0 Å². The second-order valence-electron chi connectivity index (χ2n) is 6.90. The molecule has 1 aliphatic carbocycles. The number of nitrogens with zero attached hydrogens (tertiary/aromatic N) is 3. The van der Waals surface area contributed by atoms with E-state index >= 15 is 0 Å². The van der Waals surface area contributed by atoms with Crippen LogP contribution in [0.3, 0.4) is 0 Å². The highest BCUT2D eigenvalue weighted by atomic mass is 35.5. The van der Waals surface area contributed by atoms with Crippen molar-refractivity contribution in [2.45, 2.75) is 44.7 Å². The van der Waals surface area contributed by atoms with E-state index in [9.17, 15) is 23.5 Å². The number of carboxylic acids is 1. The minimum atomic E-state index is -2.92. The second-order valence-corrected chi connectivity index (χ2v) is 7.29. The van der Waals surface area contributed by atoms with Gasteiger partial charge in [0.2, 0.25) is 6.41 Å². The lowest BCUT2D eigenvalue weighted by molar-refractivity contribution is -0.146. The Bertz CT molecular complexity index is 804. The standard InChI is InChI=1S/C19H23ClF2N4O3/c1-11-14(2-3-17(20)25-11)15-7-13(15)4-5-26(10-27)16(18(28)29)6-12(8-23)9-24-19(21)22/h2-3,8-10,13,15-16,19H,4-7,23H2,1H3,(H,28,29)/b12-8-,24-9+/t13-,15?,16?/m1/s1. The van der Waals surface area contributed by atoms with Crippen LogP contribution >= 0.6 is 11.6 Å². The van der Waals surface area contributed by atoms with E-state index in [1.54, 1.807) is 6.07 Å². The molecule has 3 atom stereocenters. The Kier molecular flexibility index (Phi) is 8.07. The first-order valence-electron chi connectivity index (χ1n) is 9.05. The highest BCUT2D eigenvalue weighted by molar-refractivity contribution is 6.29. The molecule has 158 valence electrons. The Morgan fingerprint density at radius 2 is 2.24 bits per heavy atom. The molecule has 0 bridgehead atoms. The van der Waals surface area contributed by atoms with Gasteiger partial charge in [-0.1, -0.05) is 17.7 Å². The summed E-state index contributed by atoms with van der Waals surface area (Å²) in [6.07, 6.45) is 3.62. The molecule has 2 rings (SSSR count). The summed E-state index contributed by atoms with van der Waals surface area (Å²) < 4.78 is 24.5. The topological polar surface area (TPSA) is 109 Å². The summed E-state index contributed by atoms with van der Waals surface area (Å²) >= 11 is 5.88. The summed E-state index contributed by atoms with van der Waals surface area (Å²) in [6, 6.07) is 2.45. The summed E-state index contributed by atoms with van der Waals surface area (Å²) in [6.45, 7) is -0.810. The van der Waals surface area contributed by atoms with Crippen molar-refractivity contribution in [3.8, 4) is 0 Å². The molecule has 1 heterocycles. The molecular weight excluding hydrogens is 406 g/mol. The molecular formula is C19H23ClF2N4O3. The molecule has 1 aromatic rings. The number of carboxylic acid groups (broad SMARTS) is 1. The van der Waals surface area contributed by atoms with Gasteiger partial charge in [-0.05, 0) is 55.0 Å². The monoisotopic (exact) mass is 428 g/mol. The van der Waals surface area contributed by atoms with E-state index < -0.39 is 18.6 Å². The van der Waals surface area contributed by atoms with Gasteiger partial charge in [0.15, 0.2) is 0 Å². The first-order valence-corrected chi connectivity index (χ1v) is 9.43. The maximum atomic E-state index is 12.2. The van der Waals surface area contributed by atoms with Crippen LogP contribution in [0.2, 0.25) is 5.15 Å². The second kappa shape index (κ2) is 10.3. The smallest absolute Gasteiger partial charge is 0.331 e. The molecule has 1 fully saturated rings. The average Bonchev–Trinajstić information content (AvgIpc) is 3.42. The van der Waals surface area contributed by atoms with Crippen LogP contribution in [0.15, 0.2) is 28.9 Å². The van der Waals surface area contributed by atoms with Crippen molar-refractivity contribution in [3.05, 3.63) is 40.3 Å². The third-order valence-corrected chi connectivity index (χ3v) is 5.20. The fourth-order valence-corrected chi connectivity index (χ4v) is 3.55. The molecule has 1 saturated carbocycles. The number of halogens is 3. The van der Waals surface area contributed by atoms with Crippen molar-refractivity contribution in [2.75, 3.05) is 6.54 Å². The molecule has 1 aliphatic rings. The predicted molar refractivity (Wildman–Crippen MR) is 105 cm³/mol. The first kappa shape index (κ1) is 22.7. The van der Waals surface area contributed by atoms with E-state index in [1.165, 1.54) is 0 Å². The number of aliphatic carboxylic acids is 1. The third-order valence-electron chi connectivity index (χ3n) is 4.99. The maximum Gasteiger partial charge on any atom is 0.331 e. The van der Waals surface area contributed by atoms with Gasteiger partial charge >= 0.3 is 12.5 Å². The third kappa shape index (κ3) is 6.49. The average molecular weight is 429 g/mol. The van der Waals surface area contributed by atoms with E-state index in [2.05, 4.69) is 9.98 Å². The lowest BCUT2D eigenvalue weighted by Crippen LogP contribution is -2.41. The molecule has 0 spiro atoms. The number of nitrogens with two attached hydrogens (primary N) is 1. The fraction of sp³-hybridized carbons (Fsp3) is 0.474. The van der Waals surface area contributed by atoms with Gasteiger partial charge in [-0.15, -0.1) is 0 Å². The molecule has 29 heavy (non-hydrogen) atoms. The number of aromatic nitrogens is 1. The molecule has 7 nitrogen and oxygen atoms in total. The lowest BCUT2D eigenvalue weighted by atomic mass is 10.0. The number of aliphatic imine (C=N–C) groups is 1. The molecule has 3 N–H and O–H groups in total. The summed E-state index contributed by atoms with van der Waals surface area (Å²) in [5.41, 5.74) is 7.44. The van der Waals surface area contributed by atoms with Crippen LogP contribution in [0, 0.1) is 12.8 Å². The Hall–Kier alpha value is -2.55. The number of carbonyl (C=O) groups excluding carboxylic acids is 1. The number of rotatable bonds is 11. The normalized spacial score (nSPS) is 20.1. The number of pyridine rings is 1. The number of hydrogen-bond donors (Lipinski definition) is 2. The number of hydrogen-bond acceptors (Lipinski definition) is 5. The minimum Gasteiger partial charge on any atom is -0.480 e. The largest absolute Gasteiger partial charge is 0.480 e. The minimum absolute atomic E-state index is 0.108. The van der Waals surface area contributed by atoms with Crippen LogP contribution in [-0.4, -0.2) is 52.7 Å². The van der Waals surface area contributed by atoms with Gasteiger partial charge in [0, 0.05) is 24.9 Å². The van der Waals surface area contributed by atoms with E-state index in [0.717, 1.165) is 35.0 Å². The summed E-state index contributed by atoms with van der Waals surface area (Å²) in [7, 11) is 0. The van der Waals surface area contributed by atoms with Crippen molar-refractivity contribution in [2.24, 2.45) is 16.6 Å². The number of amides is 1. The van der Waals surface area contributed by atoms with E-state index in [-0.39, 0.29) is 18.5 Å². The predicted octanol–water partition coefficient (Wildman–Crippen LogP) is 2.97. The zero-order valence-corrected chi connectivity index (χ0v) is 16.6. The van der Waals surface area contributed by atoms with Crippen molar-refractivity contribution in [3.63, 3.8) is 0 Å². The number of carbonyl (C=O) groups is 2. The van der Waals surface area contributed by atoms with Crippen molar-refractivity contribution < 1.29 is 23.5 Å². The van der Waals surface area contributed by atoms with Crippen molar-refractivity contribution in [1.29, 1.82) is 0 Å². The lowest BCUT2D eigenvalue weighted by Gasteiger charge is -2.25. The van der Waals surface area contributed by atoms with Gasteiger partial charge in [-0.3, -0.25) is 4.79 Å². The van der Waals surface area contributed by atoms with Gasteiger partial charge in [0.25, 0.3) is 0 Å². The Morgan fingerprint density at radius 3 is 2.79 bits per heavy atom. The van der Waals surface area contributed by atoms with Crippen molar-refractivity contribution >= 4 is 30.2 Å². The molecule has 0 saturated heterocycles. The Balaban J connectivity index is 1.98. The first-order chi connectivity index (χ1) is 13.8. The highest BCUT2D eigenvalue weighted by Crippen LogP contribution is 2.50. The van der Waals surface area contributed by atoms with Gasteiger partial charge < -0.3 is 15.7 Å².